The molecule has 1 amide bonds. The van der Waals surface area contributed by atoms with Crippen molar-refractivity contribution < 1.29 is 14.3 Å². The molecule has 0 fully saturated rings. The number of nitrogens with one attached hydrogen (secondary N) is 1. The molecule has 0 saturated carbocycles. The SMILES string of the molecule is CCOc1ccc(CNC(=O)CC(C)=O)cc1Cl. The molecule has 0 bridgehead atoms. The number of amides is 1. The first-order chi connectivity index (χ1) is 8.52. The molecule has 0 aromatic heterocycles. The Kier molecular flexibility index (Phi) is 5.65. The maximum atomic E-state index is 11.3. The van der Waals surface area contributed by atoms with E-state index >= 15 is 0 Å². The maximum absolute atomic E-state index is 11.3. The van der Waals surface area contributed by atoms with Crippen LogP contribution >= 0.6 is 11.6 Å². The van der Waals surface area contributed by atoms with Gasteiger partial charge in [-0.2, -0.15) is 0 Å². The number of Topliss-reactive ketones (excluding diaryl/α,β-unsaturated/α-hetero) is 1. The Bertz CT molecular complexity index is 446. The van der Waals surface area contributed by atoms with Crippen LogP contribution in [0.2, 0.25) is 5.02 Å². The predicted molar refractivity (Wildman–Crippen MR) is 69.8 cm³/mol. The molecule has 1 aromatic rings. The molecule has 5 heteroatoms. The summed E-state index contributed by atoms with van der Waals surface area (Å²) >= 11 is 6.02. The first-order valence-corrected chi connectivity index (χ1v) is 6.08. The van der Waals surface area contributed by atoms with E-state index in [4.69, 9.17) is 16.3 Å². The van der Waals surface area contributed by atoms with Crippen molar-refractivity contribution in [3.63, 3.8) is 0 Å². The molecular formula is C13H16ClNO3. The Labute approximate surface area is 111 Å². The fourth-order valence-electron chi connectivity index (χ4n) is 1.42. The van der Waals surface area contributed by atoms with Crippen LogP contribution in [0, 0.1) is 0 Å². The third-order valence-electron chi connectivity index (χ3n) is 2.20. The Balaban J connectivity index is 2.55. The molecule has 0 aliphatic carbocycles. The summed E-state index contributed by atoms with van der Waals surface area (Å²) in [5.41, 5.74) is 0.861. The van der Waals surface area contributed by atoms with Crippen LogP contribution in [0.3, 0.4) is 0 Å². The fraction of sp³-hybridized carbons (Fsp3) is 0.385. The lowest BCUT2D eigenvalue weighted by Crippen LogP contribution is -2.24. The molecule has 1 aromatic carbocycles. The highest BCUT2D eigenvalue weighted by molar-refractivity contribution is 6.32. The second kappa shape index (κ2) is 7.01. The van der Waals surface area contributed by atoms with Crippen LogP contribution < -0.4 is 10.1 Å². The predicted octanol–water partition coefficient (Wildman–Crippen LogP) is 2.33. The van der Waals surface area contributed by atoms with Crippen molar-refractivity contribution >= 4 is 23.3 Å². The molecule has 1 rings (SSSR count). The van der Waals surface area contributed by atoms with Crippen LogP contribution in [0.15, 0.2) is 18.2 Å². The van der Waals surface area contributed by atoms with E-state index in [9.17, 15) is 9.59 Å². The van der Waals surface area contributed by atoms with Gasteiger partial charge in [0.05, 0.1) is 18.1 Å². The number of carbonyl (C=O) groups excluding carboxylic acids is 2. The van der Waals surface area contributed by atoms with Gasteiger partial charge in [0, 0.05) is 6.54 Å². The summed E-state index contributed by atoms with van der Waals surface area (Å²) < 4.78 is 5.31. The molecule has 4 nitrogen and oxygen atoms in total. The van der Waals surface area contributed by atoms with Crippen molar-refractivity contribution in [3.05, 3.63) is 28.8 Å². The maximum Gasteiger partial charge on any atom is 0.227 e. The summed E-state index contributed by atoms with van der Waals surface area (Å²) in [7, 11) is 0. The topological polar surface area (TPSA) is 55.4 Å². The molecule has 1 N–H and O–H groups in total. The highest BCUT2D eigenvalue weighted by Crippen LogP contribution is 2.25. The Morgan fingerprint density at radius 2 is 2.11 bits per heavy atom. The lowest BCUT2D eigenvalue weighted by atomic mass is 10.2. The molecule has 0 saturated heterocycles. The molecular weight excluding hydrogens is 254 g/mol. The minimum Gasteiger partial charge on any atom is -0.492 e. The second-order valence-electron chi connectivity index (χ2n) is 3.85. The fourth-order valence-corrected chi connectivity index (χ4v) is 1.67. The third kappa shape index (κ3) is 4.75. The van der Waals surface area contributed by atoms with Crippen molar-refractivity contribution in [2.24, 2.45) is 0 Å². The minimum atomic E-state index is -0.285. The van der Waals surface area contributed by atoms with Crippen LogP contribution in [-0.2, 0) is 16.1 Å². The summed E-state index contributed by atoms with van der Waals surface area (Å²) in [5, 5.41) is 3.16. The van der Waals surface area contributed by atoms with Crippen LogP contribution in [0.4, 0.5) is 0 Å². The van der Waals surface area contributed by atoms with Gasteiger partial charge in [0.2, 0.25) is 5.91 Å². The molecule has 18 heavy (non-hydrogen) atoms. The van der Waals surface area contributed by atoms with Crippen molar-refractivity contribution in [2.45, 2.75) is 26.8 Å². The van der Waals surface area contributed by atoms with E-state index in [1.807, 2.05) is 13.0 Å². The van der Waals surface area contributed by atoms with E-state index in [0.29, 0.717) is 23.9 Å². The van der Waals surface area contributed by atoms with Gasteiger partial charge >= 0.3 is 0 Å². The van der Waals surface area contributed by atoms with E-state index in [0.717, 1.165) is 5.56 Å². The quantitative estimate of drug-likeness (QED) is 0.807. The third-order valence-corrected chi connectivity index (χ3v) is 2.49. The number of carbonyl (C=O) groups is 2. The van der Waals surface area contributed by atoms with Gasteiger partial charge in [-0.3, -0.25) is 9.59 Å². The number of ketones is 1. The van der Waals surface area contributed by atoms with Crippen molar-refractivity contribution in [3.8, 4) is 5.75 Å². The highest BCUT2D eigenvalue weighted by atomic mass is 35.5. The average Bonchev–Trinajstić information content (AvgIpc) is 2.29. The standard InChI is InChI=1S/C13H16ClNO3/c1-3-18-12-5-4-10(7-11(12)14)8-15-13(17)6-9(2)16/h4-5,7H,3,6,8H2,1-2H3,(H,15,17). The lowest BCUT2D eigenvalue weighted by Gasteiger charge is -2.08. The first-order valence-electron chi connectivity index (χ1n) is 5.70. The number of benzene rings is 1. The minimum absolute atomic E-state index is 0.0925. The molecule has 0 aliphatic rings. The number of ether oxygens (including phenoxy) is 1. The van der Waals surface area contributed by atoms with Gasteiger partial charge in [-0.05, 0) is 31.5 Å². The highest BCUT2D eigenvalue weighted by Gasteiger charge is 2.06. The van der Waals surface area contributed by atoms with Gasteiger partial charge in [-0.15, -0.1) is 0 Å². The zero-order valence-electron chi connectivity index (χ0n) is 10.5. The summed E-state index contributed by atoms with van der Waals surface area (Å²) in [5.74, 6) is 0.183. The lowest BCUT2D eigenvalue weighted by molar-refractivity contribution is -0.127. The zero-order chi connectivity index (χ0) is 13.5. The first kappa shape index (κ1) is 14.5. The van der Waals surface area contributed by atoms with E-state index in [-0.39, 0.29) is 18.1 Å². The molecule has 0 heterocycles. The molecule has 0 atom stereocenters. The Hall–Kier alpha value is -1.55. The summed E-state index contributed by atoms with van der Waals surface area (Å²) in [4.78, 5) is 22.0. The molecule has 0 aliphatic heterocycles. The van der Waals surface area contributed by atoms with Crippen molar-refractivity contribution in [1.29, 1.82) is 0 Å². The largest absolute Gasteiger partial charge is 0.492 e. The summed E-state index contributed by atoms with van der Waals surface area (Å²) in [6, 6.07) is 5.32. The normalized spacial score (nSPS) is 9.94. The molecule has 0 unspecified atom stereocenters. The number of halogens is 1. The second-order valence-corrected chi connectivity index (χ2v) is 4.26. The molecule has 98 valence electrons. The van der Waals surface area contributed by atoms with Crippen LogP contribution in [0.25, 0.3) is 0 Å². The summed E-state index contributed by atoms with van der Waals surface area (Å²) in [6.07, 6.45) is -0.0925. The van der Waals surface area contributed by atoms with Crippen LogP contribution in [0.5, 0.6) is 5.75 Å². The van der Waals surface area contributed by atoms with Gasteiger partial charge < -0.3 is 10.1 Å². The van der Waals surface area contributed by atoms with E-state index in [2.05, 4.69) is 5.32 Å². The van der Waals surface area contributed by atoms with Crippen molar-refractivity contribution in [1.82, 2.24) is 5.32 Å². The van der Waals surface area contributed by atoms with Crippen molar-refractivity contribution in [2.75, 3.05) is 6.61 Å². The Morgan fingerprint density at radius 3 is 2.67 bits per heavy atom. The monoisotopic (exact) mass is 269 g/mol. The molecule has 0 spiro atoms. The van der Waals surface area contributed by atoms with E-state index in [1.165, 1.54) is 6.92 Å². The average molecular weight is 270 g/mol. The van der Waals surface area contributed by atoms with E-state index in [1.54, 1.807) is 12.1 Å². The smallest absolute Gasteiger partial charge is 0.227 e. The van der Waals surface area contributed by atoms with Gasteiger partial charge in [-0.1, -0.05) is 17.7 Å². The number of hydrogen-bond acceptors (Lipinski definition) is 3. The summed E-state index contributed by atoms with van der Waals surface area (Å²) in [6.45, 7) is 4.16. The zero-order valence-corrected chi connectivity index (χ0v) is 11.2. The van der Waals surface area contributed by atoms with E-state index < -0.39 is 0 Å². The number of hydrogen-bond donors (Lipinski definition) is 1. The van der Waals surface area contributed by atoms with Crippen LogP contribution in [-0.4, -0.2) is 18.3 Å². The number of rotatable bonds is 6. The Morgan fingerprint density at radius 1 is 1.39 bits per heavy atom. The van der Waals surface area contributed by atoms with Gasteiger partial charge in [0.15, 0.2) is 0 Å². The van der Waals surface area contributed by atoms with Crippen LogP contribution in [0.1, 0.15) is 25.8 Å². The van der Waals surface area contributed by atoms with Gasteiger partial charge in [-0.25, -0.2) is 0 Å². The van der Waals surface area contributed by atoms with Gasteiger partial charge in [0.1, 0.15) is 11.5 Å². The molecule has 0 radical (unpaired) electrons. The van der Waals surface area contributed by atoms with Gasteiger partial charge in [0.25, 0.3) is 0 Å².